The molecule has 3 heterocycles. The molecule has 0 amide bonds. The number of likely N-dealkylation sites (tertiary alicyclic amines) is 3. The minimum Gasteiger partial charge on any atom is -0.379 e. The van der Waals surface area contributed by atoms with E-state index in [-0.39, 0.29) is 12.8 Å². The second-order valence-corrected chi connectivity index (χ2v) is 9.44. The van der Waals surface area contributed by atoms with Crippen molar-refractivity contribution in [2.75, 3.05) is 45.8 Å². The minimum atomic E-state index is -2.70. The van der Waals surface area contributed by atoms with Gasteiger partial charge in [0.2, 0.25) is 0 Å². The Kier molecular flexibility index (Phi) is 6.48. The summed E-state index contributed by atoms with van der Waals surface area (Å²) in [6, 6.07) is 0. The van der Waals surface area contributed by atoms with Gasteiger partial charge < -0.3 is 10.0 Å². The third-order valence-electron chi connectivity index (χ3n) is 6.80. The monoisotopic (exact) mass is 385 g/mol. The van der Waals surface area contributed by atoms with Crippen LogP contribution in [0.3, 0.4) is 0 Å². The lowest BCUT2D eigenvalue weighted by Gasteiger charge is -2.47. The maximum atomic E-state index is 14.6. The summed E-state index contributed by atoms with van der Waals surface area (Å²) in [4.78, 5) is 6.17. The normalized spacial score (nSPS) is 29.6. The highest BCUT2D eigenvalue weighted by Gasteiger charge is 2.42. The van der Waals surface area contributed by atoms with Gasteiger partial charge in [-0.3, -0.25) is 9.80 Å². The van der Waals surface area contributed by atoms with Crippen molar-refractivity contribution < 1.29 is 13.9 Å². The topological polar surface area (TPSA) is 30.0 Å². The lowest BCUT2D eigenvalue weighted by molar-refractivity contribution is -0.0379. The summed E-state index contributed by atoms with van der Waals surface area (Å²) < 4.78 is 29.3. The molecule has 3 saturated heterocycles. The SMILES string of the molecule is CC(C)CN1CC/C(=C\N2CCC3(CC2)CCN(C(C)O)CC3)C(F)(F)C1. The van der Waals surface area contributed by atoms with Crippen molar-refractivity contribution >= 4 is 0 Å². The van der Waals surface area contributed by atoms with E-state index >= 15 is 0 Å². The highest BCUT2D eigenvalue weighted by molar-refractivity contribution is 5.17. The highest BCUT2D eigenvalue weighted by Crippen LogP contribution is 2.42. The molecule has 4 nitrogen and oxygen atoms in total. The average molecular weight is 386 g/mol. The van der Waals surface area contributed by atoms with E-state index in [9.17, 15) is 13.9 Å². The molecule has 0 aromatic rings. The first-order valence-corrected chi connectivity index (χ1v) is 10.7. The van der Waals surface area contributed by atoms with Crippen molar-refractivity contribution in [3.63, 3.8) is 0 Å². The van der Waals surface area contributed by atoms with Crippen LogP contribution < -0.4 is 0 Å². The fourth-order valence-electron chi connectivity index (χ4n) is 4.97. The van der Waals surface area contributed by atoms with E-state index in [0.29, 0.717) is 23.3 Å². The number of alkyl halides is 2. The lowest BCUT2D eigenvalue weighted by atomic mass is 9.71. The second kappa shape index (κ2) is 8.34. The summed E-state index contributed by atoms with van der Waals surface area (Å²) in [6.07, 6.45) is 6.28. The number of rotatable bonds is 4. The van der Waals surface area contributed by atoms with Crippen LogP contribution in [0.2, 0.25) is 0 Å². The molecule has 3 rings (SSSR count). The van der Waals surface area contributed by atoms with Gasteiger partial charge >= 0.3 is 0 Å². The van der Waals surface area contributed by atoms with Gasteiger partial charge in [-0.15, -0.1) is 0 Å². The first-order valence-electron chi connectivity index (χ1n) is 10.7. The van der Waals surface area contributed by atoms with Crippen molar-refractivity contribution in [3.05, 3.63) is 11.8 Å². The fraction of sp³-hybridized carbons (Fsp3) is 0.905. The van der Waals surface area contributed by atoms with Crippen LogP contribution in [0.25, 0.3) is 0 Å². The van der Waals surface area contributed by atoms with Gasteiger partial charge in [-0.25, -0.2) is 8.78 Å². The Morgan fingerprint density at radius 2 is 1.59 bits per heavy atom. The van der Waals surface area contributed by atoms with Crippen LogP contribution in [0.5, 0.6) is 0 Å². The molecule has 0 radical (unpaired) electrons. The van der Waals surface area contributed by atoms with Crippen LogP contribution in [0.15, 0.2) is 11.8 Å². The van der Waals surface area contributed by atoms with Gasteiger partial charge in [0.15, 0.2) is 0 Å². The number of hydrogen-bond donors (Lipinski definition) is 1. The van der Waals surface area contributed by atoms with Gasteiger partial charge in [0.05, 0.1) is 6.54 Å². The number of piperidine rings is 3. The molecule has 156 valence electrons. The Morgan fingerprint density at radius 3 is 2.11 bits per heavy atom. The number of aliphatic hydroxyl groups is 1. The zero-order valence-corrected chi connectivity index (χ0v) is 17.3. The van der Waals surface area contributed by atoms with Gasteiger partial charge in [0, 0.05) is 51.0 Å². The second-order valence-electron chi connectivity index (χ2n) is 9.44. The van der Waals surface area contributed by atoms with Gasteiger partial charge in [0.1, 0.15) is 6.23 Å². The Hall–Kier alpha value is -0.720. The predicted molar refractivity (Wildman–Crippen MR) is 105 cm³/mol. The molecule has 0 saturated carbocycles. The van der Waals surface area contributed by atoms with Gasteiger partial charge in [-0.05, 0) is 50.4 Å². The predicted octanol–water partition coefficient (Wildman–Crippen LogP) is 3.38. The van der Waals surface area contributed by atoms with E-state index in [4.69, 9.17) is 0 Å². The number of hydrogen-bond acceptors (Lipinski definition) is 4. The summed E-state index contributed by atoms with van der Waals surface area (Å²) in [6.45, 7) is 11.0. The fourth-order valence-corrected chi connectivity index (χ4v) is 4.97. The van der Waals surface area contributed by atoms with Gasteiger partial charge in [-0.2, -0.15) is 0 Å². The maximum absolute atomic E-state index is 14.6. The molecule has 1 atom stereocenters. The number of aliphatic hydroxyl groups excluding tert-OH is 1. The third kappa shape index (κ3) is 5.21. The Labute approximate surface area is 163 Å². The molecule has 1 N–H and O–H groups in total. The molecule has 1 unspecified atom stereocenters. The molecule has 6 heteroatoms. The largest absolute Gasteiger partial charge is 0.379 e. The van der Waals surface area contributed by atoms with Crippen molar-refractivity contribution in [1.82, 2.24) is 14.7 Å². The molecule has 0 aliphatic carbocycles. The van der Waals surface area contributed by atoms with E-state index in [0.717, 1.165) is 65.0 Å². The van der Waals surface area contributed by atoms with E-state index in [1.807, 2.05) is 11.8 Å². The van der Waals surface area contributed by atoms with Crippen LogP contribution in [-0.2, 0) is 0 Å². The molecule has 27 heavy (non-hydrogen) atoms. The maximum Gasteiger partial charge on any atom is 0.283 e. The summed E-state index contributed by atoms with van der Waals surface area (Å²) in [5, 5.41) is 9.74. The lowest BCUT2D eigenvalue weighted by Crippen LogP contribution is -2.49. The molecule has 3 aliphatic rings. The van der Waals surface area contributed by atoms with Gasteiger partial charge in [0.25, 0.3) is 5.92 Å². The first-order chi connectivity index (χ1) is 12.7. The number of nitrogens with zero attached hydrogens (tertiary/aromatic N) is 3. The molecular weight excluding hydrogens is 348 g/mol. The van der Waals surface area contributed by atoms with Crippen molar-refractivity contribution in [2.45, 2.75) is 65.0 Å². The van der Waals surface area contributed by atoms with E-state index in [1.54, 1.807) is 6.20 Å². The Morgan fingerprint density at radius 1 is 1.00 bits per heavy atom. The molecule has 0 aromatic carbocycles. The van der Waals surface area contributed by atoms with Gasteiger partial charge in [-0.1, -0.05) is 13.8 Å². The average Bonchev–Trinajstić information content (AvgIpc) is 2.59. The standard InChI is InChI=1S/C21H37F2N3O/c1-17(2)14-25-9-4-19(21(22,23)16-25)15-24-10-5-20(6-11-24)7-12-26(13-8-20)18(3)27/h15,17-18,27H,4-14,16H2,1-3H3/b19-15+. The summed E-state index contributed by atoms with van der Waals surface area (Å²) in [5.41, 5.74) is 0.672. The van der Waals surface area contributed by atoms with Crippen LogP contribution in [0.1, 0.15) is 52.9 Å². The number of halogens is 2. The molecular formula is C21H37F2N3O. The molecule has 0 bridgehead atoms. The quantitative estimate of drug-likeness (QED) is 0.804. The Balaban J connectivity index is 1.53. The highest BCUT2D eigenvalue weighted by atomic mass is 19.3. The molecule has 0 aromatic heterocycles. The van der Waals surface area contributed by atoms with Crippen molar-refractivity contribution in [1.29, 1.82) is 0 Å². The first kappa shape index (κ1) is 21.0. The zero-order valence-electron chi connectivity index (χ0n) is 17.3. The molecule has 1 spiro atoms. The van der Waals surface area contributed by atoms with Crippen molar-refractivity contribution in [3.8, 4) is 0 Å². The van der Waals surface area contributed by atoms with E-state index in [2.05, 4.69) is 23.6 Å². The zero-order chi connectivity index (χ0) is 19.7. The van der Waals surface area contributed by atoms with E-state index < -0.39 is 5.92 Å². The van der Waals surface area contributed by atoms with Crippen LogP contribution >= 0.6 is 0 Å². The molecule has 3 fully saturated rings. The summed E-state index contributed by atoms with van der Waals surface area (Å²) in [5.74, 6) is -2.28. The Bertz CT molecular complexity index is 518. The summed E-state index contributed by atoms with van der Waals surface area (Å²) in [7, 11) is 0. The van der Waals surface area contributed by atoms with Crippen LogP contribution in [0.4, 0.5) is 8.78 Å². The van der Waals surface area contributed by atoms with Crippen molar-refractivity contribution in [2.24, 2.45) is 11.3 Å². The smallest absolute Gasteiger partial charge is 0.283 e. The molecule has 3 aliphatic heterocycles. The minimum absolute atomic E-state index is 0.135. The summed E-state index contributed by atoms with van der Waals surface area (Å²) >= 11 is 0. The van der Waals surface area contributed by atoms with Crippen LogP contribution in [-0.4, -0.2) is 77.8 Å². The third-order valence-corrected chi connectivity index (χ3v) is 6.80. The van der Waals surface area contributed by atoms with Crippen LogP contribution in [0, 0.1) is 11.3 Å². The van der Waals surface area contributed by atoms with E-state index in [1.165, 1.54) is 0 Å².